The molecule has 2 amide bonds. The second-order valence-corrected chi connectivity index (χ2v) is 5.34. The van der Waals surface area contributed by atoms with Gasteiger partial charge in [-0.05, 0) is 38.0 Å². The van der Waals surface area contributed by atoms with Gasteiger partial charge in [0.1, 0.15) is 0 Å². The second kappa shape index (κ2) is 10.9. The maximum Gasteiger partial charge on any atom is 0.337 e. The topological polar surface area (TPSA) is 106 Å². The number of hydrogen-bond acceptors (Lipinski definition) is 6. The second-order valence-electron chi connectivity index (χ2n) is 5.34. The number of benzene rings is 1. The van der Waals surface area contributed by atoms with E-state index in [2.05, 4.69) is 20.6 Å². The Morgan fingerprint density at radius 3 is 2.44 bits per heavy atom. The molecule has 1 aromatic rings. The zero-order valence-electron chi connectivity index (χ0n) is 14.6. The first-order valence-electron chi connectivity index (χ1n) is 7.85. The molecule has 0 radical (unpaired) electrons. The Balaban J connectivity index is 2.33. The molecule has 0 saturated heterocycles. The van der Waals surface area contributed by atoms with E-state index in [0.717, 1.165) is 0 Å². The van der Waals surface area contributed by atoms with Gasteiger partial charge in [-0.15, -0.1) is 0 Å². The van der Waals surface area contributed by atoms with Crippen molar-refractivity contribution in [2.24, 2.45) is 5.10 Å². The minimum atomic E-state index is -0.854. The monoisotopic (exact) mass is 349 g/mol. The number of esters is 1. The van der Waals surface area contributed by atoms with Crippen LogP contribution in [0.2, 0.25) is 0 Å². The van der Waals surface area contributed by atoms with Crippen LogP contribution in [0.25, 0.3) is 0 Å². The van der Waals surface area contributed by atoms with E-state index in [1.54, 1.807) is 24.3 Å². The quantitative estimate of drug-likeness (QED) is 0.238. The number of carbonyl (C=O) groups is 3. The number of nitrogens with one attached hydrogen (secondary N) is 2. The number of nitrogens with zero attached hydrogens (tertiary/aromatic N) is 1. The Morgan fingerprint density at radius 2 is 1.84 bits per heavy atom. The van der Waals surface area contributed by atoms with Gasteiger partial charge in [-0.1, -0.05) is 12.1 Å². The summed E-state index contributed by atoms with van der Waals surface area (Å²) >= 11 is 0. The van der Waals surface area contributed by atoms with Crippen LogP contribution >= 0.6 is 0 Å². The molecule has 0 bridgehead atoms. The van der Waals surface area contributed by atoms with Gasteiger partial charge in [0.15, 0.2) is 0 Å². The van der Waals surface area contributed by atoms with Gasteiger partial charge in [0, 0.05) is 13.2 Å². The summed E-state index contributed by atoms with van der Waals surface area (Å²) in [6.45, 7) is 4.71. The van der Waals surface area contributed by atoms with E-state index in [9.17, 15) is 14.4 Å². The third-order valence-electron chi connectivity index (χ3n) is 2.98. The van der Waals surface area contributed by atoms with Crippen LogP contribution in [0.3, 0.4) is 0 Å². The van der Waals surface area contributed by atoms with Gasteiger partial charge in [0.2, 0.25) is 0 Å². The predicted molar refractivity (Wildman–Crippen MR) is 92.2 cm³/mol. The number of carbonyl (C=O) groups excluding carboxylic acids is 3. The fourth-order valence-electron chi connectivity index (χ4n) is 1.71. The van der Waals surface area contributed by atoms with E-state index in [-0.39, 0.29) is 6.10 Å². The molecule has 8 nitrogen and oxygen atoms in total. The molecule has 1 rings (SSSR count). The lowest BCUT2D eigenvalue weighted by Gasteiger charge is -2.07. The van der Waals surface area contributed by atoms with Crippen molar-refractivity contribution >= 4 is 24.0 Å². The van der Waals surface area contributed by atoms with E-state index in [4.69, 9.17) is 4.74 Å². The highest BCUT2D eigenvalue weighted by Crippen LogP contribution is 2.03. The van der Waals surface area contributed by atoms with Crippen LogP contribution in [-0.4, -0.2) is 50.4 Å². The number of methoxy groups -OCH3 is 1. The van der Waals surface area contributed by atoms with Gasteiger partial charge in [-0.3, -0.25) is 9.59 Å². The Hall–Kier alpha value is -2.74. The molecule has 0 aliphatic heterocycles. The predicted octanol–water partition coefficient (Wildman–Crippen LogP) is 0.855. The van der Waals surface area contributed by atoms with Crippen LogP contribution in [0.1, 0.15) is 36.2 Å². The molecule has 8 heteroatoms. The number of rotatable bonds is 8. The minimum Gasteiger partial charge on any atom is -0.465 e. The number of hydrazone groups is 1. The molecule has 0 aliphatic rings. The SMILES string of the molecule is COC(=O)c1ccc(/C=N/NC(=O)C(=O)NCCCOC(C)C)cc1. The molecular weight excluding hydrogens is 326 g/mol. The summed E-state index contributed by atoms with van der Waals surface area (Å²) in [6.07, 6.45) is 2.12. The molecule has 136 valence electrons. The summed E-state index contributed by atoms with van der Waals surface area (Å²) < 4.78 is 9.92. The molecular formula is C17H23N3O5. The maximum absolute atomic E-state index is 11.6. The third kappa shape index (κ3) is 8.07. The molecule has 0 heterocycles. The third-order valence-corrected chi connectivity index (χ3v) is 2.98. The molecule has 0 aliphatic carbocycles. The van der Waals surface area contributed by atoms with Crippen molar-refractivity contribution in [3.63, 3.8) is 0 Å². The lowest BCUT2D eigenvalue weighted by Crippen LogP contribution is -2.38. The van der Waals surface area contributed by atoms with Crippen molar-refractivity contribution in [3.05, 3.63) is 35.4 Å². The van der Waals surface area contributed by atoms with Gasteiger partial charge in [-0.25, -0.2) is 10.2 Å². The van der Waals surface area contributed by atoms with E-state index in [0.29, 0.717) is 30.7 Å². The van der Waals surface area contributed by atoms with E-state index in [1.165, 1.54) is 13.3 Å². The van der Waals surface area contributed by atoms with Gasteiger partial charge in [0.25, 0.3) is 0 Å². The number of amides is 2. The first kappa shape index (κ1) is 20.3. The van der Waals surface area contributed by atoms with Gasteiger partial charge >= 0.3 is 17.8 Å². The molecule has 0 atom stereocenters. The smallest absolute Gasteiger partial charge is 0.337 e. The molecule has 0 spiro atoms. The zero-order chi connectivity index (χ0) is 18.7. The molecule has 0 saturated carbocycles. The van der Waals surface area contributed by atoms with Crippen LogP contribution in [0.15, 0.2) is 29.4 Å². The zero-order valence-corrected chi connectivity index (χ0v) is 14.6. The summed E-state index contributed by atoms with van der Waals surface area (Å²) in [5.41, 5.74) is 3.19. The van der Waals surface area contributed by atoms with Gasteiger partial charge < -0.3 is 14.8 Å². The molecule has 0 unspecified atom stereocenters. The highest BCUT2D eigenvalue weighted by atomic mass is 16.5. The van der Waals surface area contributed by atoms with Crippen LogP contribution in [0, 0.1) is 0 Å². The molecule has 0 fully saturated rings. The van der Waals surface area contributed by atoms with Crippen LogP contribution in [0.5, 0.6) is 0 Å². The Bertz CT molecular complexity index is 611. The number of ether oxygens (including phenoxy) is 2. The fraction of sp³-hybridized carbons (Fsp3) is 0.412. The van der Waals surface area contributed by atoms with Crippen molar-refractivity contribution in [1.29, 1.82) is 0 Å². The highest BCUT2D eigenvalue weighted by molar-refractivity contribution is 6.35. The van der Waals surface area contributed by atoms with E-state index in [1.807, 2.05) is 13.8 Å². The van der Waals surface area contributed by atoms with Crippen LogP contribution < -0.4 is 10.7 Å². The molecule has 1 aromatic carbocycles. The largest absolute Gasteiger partial charge is 0.465 e. The Kier molecular flexibility index (Phi) is 8.87. The van der Waals surface area contributed by atoms with Gasteiger partial charge in [-0.2, -0.15) is 5.10 Å². The summed E-state index contributed by atoms with van der Waals surface area (Å²) in [4.78, 5) is 34.4. The molecule has 25 heavy (non-hydrogen) atoms. The first-order chi connectivity index (χ1) is 11.9. The van der Waals surface area contributed by atoms with Gasteiger partial charge in [0.05, 0.1) is 25.0 Å². The molecule has 2 N–H and O–H groups in total. The number of hydrogen-bond donors (Lipinski definition) is 2. The van der Waals surface area contributed by atoms with Crippen LogP contribution in [-0.2, 0) is 19.1 Å². The Labute approximate surface area is 146 Å². The lowest BCUT2D eigenvalue weighted by molar-refractivity contribution is -0.139. The van der Waals surface area contributed by atoms with Crippen molar-refractivity contribution in [1.82, 2.24) is 10.7 Å². The van der Waals surface area contributed by atoms with E-state index < -0.39 is 17.8 Å². The normalized spacial score (nSPS) is 10.7. The summed E-state index contributed by atoms with van der Waals surface area (Å²) in [7, 11) is 1.30. The van der Waals surface area contributed by atoms with Crippen LogP contribution in [0.4, 0.5) is 0 Å². The first-order valence-corrected chi connectivity index (χ1v) is 7.85. The standard InChI is InChI=1S/C17H23N3O5/c1-12(2)25-10-4-9-18-15(21)16(22)20-19-11-13-5-7-14(8-6-13)17(23)24-3/h5-8,11-12H,4,9-10H2,1-3H3,(H,18,21)(H,20,22)/b19-11+. The summed E-state index contributed by atoms with van der Waals surface area (Å²) in [6, 6.07) is 6.41. The summed E-state index contributed by atoms with van der Waals surface area (Å²) in [5.74, 6) is -2.05. The summed E-state index contributed by atoms with van der Waals surface area (Å²) in [5, 5.41) is 6.17. The van der Waals surface area contributed by atoms with Crippen molar-refractivity contribution in [2.45, 2.75) is 26.4 Å². The minimum absolute atomic E-state index is 0.134. The average Bonchev–Trinajstić information content (AvgIpc) is 2.60. The van der Waals surface area contributed by atoms with E-state index >= 15 is 0 Å². The average molecular weight is 349 g/mol. The Morgan fingerprint density at radius 1 is 1.16 bits per heavy atom. The lowest BCUT2D eigenvalue weighted by atomic mass is 10.1. The van der Waals surface area contributed by atoms with Crippen molar-refractivity contribution in [3.8, 4) is 0 Å². The maximum atomic E-state index is 11.6. The molecule has 0 aromatic heterocycles. The van der Waals surface area contributed by atoms with Crippen molar-refractivity contribution in [2.75, 3.05) is 20.3 Å². The van der Waals surface area contributed by atoms with Crippen molar-refractivity contribution < 1.29 is 23.9 Å². The highest BCUT2D eigenvalue weighted by Gasteiger charge is 2.11. The fourth-order valence-corrected chi connectivity index (χ4v) is 1.71.